The molecule has 0 amide bonds. The van der Waals surface area contributed by atoms with Gasteiger partial charge in [-0.1, -0.05) is 0 Å². The van der Waals surface area contributed by atoms with Crippen LogP contribution in [0.2, 0.25) is 0 Å². The van der Waals surface area contributed by atoms with Crippen LogP contribution in [0.5, 0.6) is 0 Å². The van der Waals surface area contributed by atoms with E-state index in [1.54, 1.807) is 0 Å². The maximum atomic E-state index is 13.3. The molecule has 7 heteroatoms. The van der Waals surface area contributed by atoms with Crippen LogP contribution in [0.25, 0.3) is 0 Å². The lowest BCUT2D eigenvalue weighted by Gasteiger charge is -2.07. The van der Waals surface area contributed by atoms with Gasteiger partial charge in [0, 0.05) is 0 Å². The largest absolute Gasteiger partial charge is 0.462 e. The normalized spacial score (nSPS) is 10.6. The zero-order valence-corrected chi connectivity index (χ0v) is 8.34. The van der Waals surface area contributed by atoms with Gasteiger partial charge in [-0.05, 0) is 13.0 Å². The van der Waals surface area contributed by atoms with Crippen molar-refractivity contribution in [3.8, 4) is 0 Å². The van der Waals surface area contributed by atoms with Gasteiger partial charge in [-0.2, -0.15) is 0 Å². The van der Waals surface area contributed by atoms with Gasteiger partial charge in [0.05, 0.1) is 6.61 Å². The summed E-state index contributed by atoms with van der Waals surface area (Å²) in [5.74, 6) is -2.94. The number of hydrogen-bond donors (Lipinski definition) is 1. The first kappa shape index (κ1) is 12.3. The van der Waals surface area contributed by atoms with E-state index in [2.05, 4.69) is 9.72 Å². The van der Waals surface area contributed by atoms with Gasteiger partial charge in [-0.15, -0.1) is 0 Å². The molecule has 0 aliphatic heterocycles. The topological polar surface area (TPSA) is 65.2 Å². The van der Waals surface area contributed by atoms with Gasteiger partial charge in [0.1, 0.15) is 11.3 Å². The van der Waals surface area contributed by atoms with Crippen LogP contribution >= 0.6 is 0 Å². The molecule has 0 bridgehead atoms. The Kier molecular flexibility index (Phi) is 3.70. The molecule has 0 atom stereocenters. The quantitative estimate of drug-likeness (QED) is 0.811. The second kappa shape index (κ2) is 4.82. The van der Waals surface area contributed by atoms with Crippen LogP contribution in [0.4, 0.5) is 19.0 Å². The summed E-state index contributed by atoms with van der Waals surface area (Å²) in [5.41, 5.74) is 3.67. The summed E-state index contributed by atoms with van der Waals surface area (Å²) in [6.07, 6.45) is -2.93. The Morgan fingerprint density at radius 2 is 2.25 bits per heavy atom. The van der Waals surface area contributed by atoms with Crippen molar-refractivity contribution in [3.05, 3.63) is 23.1 Å². The number of halogens is 3. The number of nitrogens with zero attached hydrogens (tertiary/aromatic N) is 1. The number of carbonyl (C=O) groups is 1. The van der Waals surface area contributed by atoms with Crippen LogP contribution in [-0.4, -0.2) is 17.6 Å². The van der Waals surface area contributed by atoms with Crippen molar-refractivity contribution in [1.29, 1.82) is 0 Å². The Balaban J connectivity index is 3.21. The Morgan fingerprint density at radius 3 is 2.75 bits per heavy atom. The van der Waals surface area contributed by atoms with Gasteiger partial charge in [0.15, 0.2) is 11.6 Å². The summed E-state index contributed by atoms with van der Waals surface area (Å²) < 4.78 is 42.4. The molecule has 0 fully saturated rings. The van der Waals surface area contributed by atoms with E-state index in [9.17, 15) is 18.0 Å². The predicted molar refractivity (Wildman–Crippen MR) is 49.5 cm³/mol. The van der Waals surface area contributed by atoms with Crippen molar-refractivity contribution in [3.63, 3.8) is 0 Å². The molecule has 0 aliphatic rings. The highest BCUT2D eigenvalue weighted by molar-refractivity contribution is 5.90. The number of rotatable bonds is 3. The molecular formula is C9H9F3N2O2. The molecule has 0 aliphatic carbocycles. The van der Waals surface area contributed by atoms with Crippen LogP contribution in [0.15, 0.2) is 6.07 Å². The molecule has 0 radical (unpaired) electrons. The summed E-state index contributed by atoms with van der Waals surface area (Å²) in [4.78, 5) is 14.3. The number of ether oxygens (including phenoxy) is 1. The third-order valence-electron chi connectivity index (χ3n) is 1.72. The number of anilines is 1. The van der Waals surface area contributed by atoms with Gasteiger partial charge in [0.25, 0.3) is 6.43 Å². The molecule has 0 saturated heterocycles. The minimum atomic E-state index is -2.93. The van der Waals surface area contributed by atoms with Crippen molar-refractivity contribution in [2.75, 3.05) is 12.3 Å². The maximum Gasteiger partial charge on any atom is 0.341 e. The fourth-order valence-electron chi connectivity index (χ4n) is 1.04. The van der Waals surface area contributed by atoms with Crippen LogP contribution in [-0.2, 0) is 4.74 Å². The number of esters is 1. The summed E-state index contributed by atoms with van der Waals surface area (Å²) in [7, 11) is 0. The first-order chi connectivity index (χ1) is 7.47. The van der Waals surface area contributed by atoms with Gasteiger partial charge in [0.2, 0.25) is 0 Å². The van der Waals surface area contributed by atoms with Gasteiger partial charge < -0.3 is 10.5 Å². The second-order valence-electron chi connectivity index (χ2n) is 2.82. The fraction of sp³-hybridized carbons (Fsp3) is 0.333. The lowest BCUT2D eigenvalue weighted by Crippen LogP contribution is -2.12. The average Bonchev–Trinajstić information content (AvgIpc) is 2.21. The Hall–Kier alpha value is -1.79. The van der Waals surface area contributed by atoms with E-state index in [0.29, 0.717) is 6.07 Å². The van der Waals surface area contributed by atoms with E-state index in [4.69, 9.17) is 5.73 Å². The molecule has 0 spiro atoms. The average molecular weight is 234 g/mol. The Morgan fingerprint density at radius 1 is 1.62 bits per heavy atom. The lowest BCUT2D eigenvalue weighted by molar-refractivity contribution is 0.0520. The van der Waals surface area contributed by atoms with E-state index < -0.39 is 35.3 Å². The van der Waals surface area contributed by atoms with Gasteiger partial charge in [-0.25, -0.2) is 22.9 Å². The molecule has 4 nitrogen and oxygen atoms in total. The number of nitrogens with two attached hydrogens (primary N) is 1. The molecule has 0 saturated carbocycles. The summed E-state index contributed by atoms with van der Waals surface area (Å²) in [6.45, 7) is 1.51. The summed E-state index contributed by atoms with van der Waals surface area (Å²) in [6, 6.07) is 0.633. The Bertz CT molecular complexity index is 410. The minimum Gasteiger partial charge on any atom is -0.462 e. The zero-order chi connectivity index (χ0) is 12.3. The highest BCUT2D eigenvalue weighted by Gasteiger charge is 2.21. The van der Waals surface area contributed by atoms with Crippen molar-refractivity contribution in [1.82, 2.24) is 4.98 Å². The summed E-state index contributed by atoms with van der Waals surface area (Å²) >= 11 is 0. The molecule has 0 aromatic carbocycles. The van der Waals surface area contributed by atoms with Crippen LogP contribution < -0.4 is 5.73 Å². The standard InChI is InChI=1S/C9H9F3N2O2/c1-2-16-9(15)4-3-5(7(11)12)14-8(13)6(4)10/h3,7H,2H2,1H3,(H2,13,14). The van der Waals surface area contributed by atoms with Crippen LogP contribution in [0.3, 0.4) is 0 Å². The molecule has 1 aromatic rings. The van der Waals surface area contributed by atoms with Crippen LogP contribution in [0, 0.1) is 5.82 Å². The molecule has 1 heterocycles. The van der Waals surface area contributed by atoms with Crippen LogP contribution in [0.1, 0.15) is 29.4 Å². The number of hydrogen-bond acceptors (Lipinski definition) is 4. The van der Waals surface area contributed by atoms with Gasteiger partial charge >= 0.3 is 5.97 Å². The SMILES string of the molecule is CCOC(=O)c1cc(C(F)F)nc(N)c1F. The summed E-state index contributed by atoms with van der Waals surface area (Å²) in [5, 5.41) is 0. The third-order valence-corrected chi connectivity index (χ3v) is 1.72. The number of nitrogen functional groups attached to an aromatic ring is 1. The lowest BCUT2D eigenvalue weighted by atomic mass is 10.2. The van der Waals surface area contributed by atoms with E-state index in [1.807, 2.05) is 0 Å². The monoisotopic (exact) mass is 234 g/mol. The molecular weight excluding hydrogens is 225 g/mol. The van der Waals surface area contributed by atoms with Crippen molar-refractivity contribution in [2.24, 2.45) is 0 Å². The number of alkyl halides is 2. The van der Waals surface area contributed by atoms with Crippen molar-refractivity contribution in [2.45, 2.75) is 13.3 Å². The van der Waals surface area contributed by atoms with E-state index >= 15 is 0 Å². The zero-order valence-electron chi connectivity index (χ0n) is 8.34. The molecule has 0 unspecified atom stereocenters. The number of aromatic nitrogens is 1. The number of carbonyl (C=O) groups excluding carboxylic acids is 1. The number of pyridine rings is 1. The van der Waals surface area contributed by atoms with Gasteiger partial charge in [-0.3, -0.25) is 0 Å². The van der Waals surface area contributed by atoms with E-state index in [-0.39, 0.29) is 6.61 Å². The molecule has 2 N–H and O–H groups in total. The first-order valence-electron chi connectivity index (χ1n) is 4.38. The van der Waals surface area contributed by atoms with Crippen molar-refractivity contribution >= 4 is 11.8 Å². The highest BCUT2D eigenvalue weighted by Crippen LogP contribution is 2.22. The van der Waals surface area contributed by atoms with Crippen molar-refractivity contribution < 1.29 is 22.7 Å². The molecule has 1 aromatic heterocycles. The third kappa shape index (κ3) is 2.41. The minimum absolute atomic E-state index is 0.00448. The second-order valence-corrected chi connectivity index (χ2v) is 2.82. The predicted octanol–water partition coefficient (Wildman–Crippen LogP) is 1.92. The first-order valence-corrected chi connectivity index (χ1v) is 4.38. The maximum absolute atomic E-state index is 13.3. The van der Waals surface area contributed by atoms with E-state index in [0.717, 1.165) is 0 Å². The molecule has 88 valence electrons. The Labute approximate surface area is 89.2 Å². The van der Waals surface area contributed by atoms with E-state index in [1.165, 1.54) is 6.92 Å². The highest BCUT2D eigenvalue weighted by atomic mass is 19.3. The smallest absolute Gasteiger partial charge is 0.341 e. The molecule has 1 rings (SSSR count). The molecule has 16 heavy (non-hydrogen) atoms. The fourth-order valence-corrected chi connectivity index (χ4v) is 1.04.